The van der Waals surface area contributed by atoms with Crippen molar-refractivity contribution in [1.29, 1.82) is 0 Å². The largest absolute Gasteiger partial charge is 0.433 e. The van der Waals surface area contributed by atoms with E-state index in [0.29, 0.717) is 0 Å². The molecule has 0 saturated heterocycles. The Kier molecular flexibility index (Phi) is 3.25. The van der Waals surface area contributed by atoms with Gasteiger partial charge in [-0.2, -0.15) is 13.2 Å². The van der Waals surface area contributed by atoms with Crippen molar-refractivity contribution in [1.82, 2.24) is 9.97 Å². The first-order valence-electron chi connectivity index (χ1n) is 5.10. The van der Waals surface area contributed by atoms with Crippen molar-refractivity contribution in [3.05, 3.63) is 28.8 Å². The van der Waals surface area contributed by atoms with Crippen LogP contribution in [0.1, 0.15) is 11.3 Å². The highest BCUT2D eigenvalue weighted by molar-refractivity contribution is 7.13. The van der Waals surface area contributed by atoms with Crippen LogP contribution in [0.4, 0.5) is 19.1 Å². The lowest BCUT2D eigenvalue weighted by atomic mass is 10.2. The second-order valence-electron chi connectivity index (χ2n) is 3.64. The minimum Gasteiger partial charge on any atom is -0.357 e. The maximum atomic E-state index is 12.7. The van der Waals surface area contributed by atoms with Gasteiger partial charge in [-0.1, -0.05) is 0 Å². The first-order valence-corrected chi connectivity index (χ1v) is 5.98. The summed E-state index contributed by atoms with van der Waals surface area (Å²) in [5.74, 6) is -0.0346. The van der Waals surface area contributed by atoms with E-state index >= 15 is 0 Å². The fraction of sp³-hybridized carbons (Fsp3) is 0.273. The van der Waals surface area contributed by atoms with Crippen LogP contribution in [0.3, 0.4) is 0 Å². The van der Waals surface area contributed by atoms with Crippen LogP contribution in [0.5, 0.6) is 0 Å². The third-order valence-corrected chi connectivity index (χ3v) is 3.37. The van der Waals surface area contributed by atoms with Crippen LogP contribution >= 0.6 is 11.3 Å². The number of hydrogen-bond donors (Lipinski definition) is 1. The van der Waals surface area contributed by atoms with Crippen LogP contribution in [-0.2, 0) is 6.18 Å². The number of halogens is 3. The molecule has 0 spiro atoms. The molecular formula is C11H10F3N3S. The van der Waals surface area contributed by atoms with E-state index in [1.807, 2.05) is 18.4 Å². The molecule has 0 amide bonds. The first kappa shape index (κ1) is 12.8. The lowest BCUT2D eigenvalue weighted by Gasteiger charge is -2.09. The number of hydrogen-bond acceptors (Lipinski definition) is 4. The fourth-order valence-corrected chi connectivity index (χ4v) is 2.34. The summed E-state index contributed by atoms with van der Waals surface area (Å²) < 4.78 is 38.1. The van der Waals surface area contributed by atoms with Gasteiger partial charge in [-0.15, -0.1) is 11.3 Å². The summed E-state index contributed by atoms with van der Waals surface area (Å²) >= 11 is 1.36. The first-order chi connectivity index (χ1) is 8.41. The predicted octanol–water partition coefficient (Wildman–Crippen LogP) is 3.57. The van der Waals surface area contributed by atoms with Gasteiger partial charge in [0.15, 0.2) is 5.69 Å². The van der Waals surface area contributed by atoms with E-state index in [4.69, 9.17) is 0 Å². The molecule has 3 nitrogen and oxygen atoms in total. The van der Waals surface area contributed by atoms with Crippen LogP contribution in [0, 0.1) is 6.92 Å². The van der Waals surface area contributed by atoms with Crippen LogP contribution in [-0.4, -0.2) is 17.0 Å². The number of nitrogens with zero attached hydrogens (tertiary/aromatic N) is 2. The summed E-state index contributed by atoms with van der Waals surface area (Å²) in [6.07, 6.45) is -4.48. The van der Waals surface area contributed by atoms with Crippen LogP contribution in [0.2, 0.25) is 0 Å². The Labute approximate surface area is 106 Å². The van der Waals surface area contributed by atoms with Gasteiger partial charge in [0.05, 0.1) is 10.6 Å². The molecule has 0 atom stereocenters. The monoisotopic (exact) mass is 273 g/mol. The Hall–Kier alpha value is -1.63. The molecule has 0 aliphatic carbocycles. The number of aryl methyl sites for hydroxylation is 1. The highest BCUT2D eigenvalue weighted by Crippen LogP contribution is 2.33. The third kappa shape index (κ3) is 2.45. The smallest absolute Gasteiger partial charge is 0.357 e. The molecule has 0 bridgehead atoms. The SMILES string of the molecule is CNc1nc(-c2sccc2C)cc(C(F)(F)F)n1. The predicted molar refractivity (Wildman–Crippen MR) is 64.6 cm³/mol. The second-order valence-corrected chi connectivity index (χ2v) is 4.56. The molecular weight excluding hydrogens is 263 g/mol. The quantitative estimate of drug-likeness (QED) is 0.909. The maximum absolute atomic E-state index is 12.7. The van der Waals surface area contributed by atoms with Gasteiger partial charge in [0.1, 0.15) is 0 Å². The zero-order chi connectivity index (χ0) is 13.3. The van der Waals surface area contributed by atoms with Crippen molar-refractivity contribution >= 4 is 17.3 Å². The van der Waals surface area contributed by atoms with Crippen LogP contribution in [0.15, 0.2) is 17.5 Å². The van der Waals surface area contributed by atoms with Crippen LogP contribution in [0.25, 0.3) is 10.6 Å². The molecule has 0 radical (unpaired) electrons. The van der Waals surface area contributed by atoms with E-state index in [2.05, 4.69) is 15.3 Å². The molecule has 2 rings (SSSR count). The number of aromatic nitrogens is 2. The number of anilines is 1. The average Bonchev–Trinajstić information content (AvgIpc) is 2.73. The Bertz CT molecular complexity index is 563. The van der Waals surface area contributed by atoms with E-state index < -0.39 is 11.9 Å². The van der Waals surface area contributed by atoms with Crippen molar-refractivity contribution in [2.75, 3.05) is 12.4 Å². The van der Waals surface area contributed by atoms with Gasteiger partial charge in [0, 0.05) is 7.05 Å². The number of alkyl halides is 3. The Balaban J connectivity index is 2.58. The molecule has 0 fully saturated rings. The van der Waals surface area contributed by atoms with Crippen molar-refractivity contribution in [2.45, 2.75) is 13.1 Å². The van der Waals surface area contributed by atoms with E-state index in [0.717, 1.165) is 16.5 Å². The molecule has 1 N–H and O–H groups in total. The van der Waals surface area contributed by atoms with E-state index in [1.54, 1.807) is 0 Å². The van der Waals surface area contributed by atoms with E-state index in [-0.39, 0.29) is 11.6 Å². The number of rotatable bonds is 2. The van der Waals surface area contributed by atoms with Gasteiger partial charge in [-0.3, -0.25) is 0 Å². The van der Waals surface area contributed by atoms with Crippen molar-refractivity contribution < 1.29 is 13.2 Å². The minimum atomic E-state index is -4.48. The Morgan fingerprint density at radius 1 is 1.28 bits per heavy atom. The molecule has 2 aromatic rings. The summed E-state index contributed by atoms with van der Waals surface area (Å²) in [6, 6.07) is 2.81. The molecule has 96 valence electrons. The lowest BCUT2D eigenvalue weighted by molar-refractivity contribution is -0.141. The molecule has 0 aliphatic heterocycles. The van der Waals surface area contributed by atoms with E-state index in [1.165, 1.54) is 18.4 Å². The van der Waals surface area contributed by atoms with Gasteiger partial charge in [0.25, 0.3) is 0 Å². The Morgan fingerprint density at radius 2 is 2.00 bits per heavy atom. The lowest BCUT2D eigenvalue weighted by Crippen LogP contribution is -2.11. The third-order valence-electron chi connectivity index (χ3n) is 2.33. The van der Waals surface area contributed by atoms with Gasteiger partial charge < -0.3 is 5.32 Å². The summed E-state index contributed by atoms with van der Waals surface area (Å²) in [6.45, 7) is 1.83. The van der Waals surface area contributed by atoms with Crippen LogP contribution < -0.4 is 5.32 Å². The molecule has 0 aliphatic rings. The zero-order valence-electron chi connectivity index (χ0n) is 9.67. The molecule has 0 unspecified atom stereocenters. The summed E-state index contributed by atoms with van der Waals surface area (Å²) in [5, 5.41) is 4.36. The molecule has 2 aromatic heterocycles. The molecule has 0 saturated carbocycles. The zero-order valence-corrected chi connectivity index (χ0v) is 10.5. The summed E-state index contributed by atoms with van der Waals surface area (Å²) in [7, 11) is 1.49. The van der Waals surface area contributed by atoms with Crippen molar-refractivity contribution in [2.24, 2.45) is 0 Å². The summed E-state index contributed by atoms with van der Waals surface area (Å²) in [5.41, 5.74) is 0.243. The number of thiophene rings is 1. The highest BCUT2D eigenvalue weighted by atomic mass is 32.1. The topological polar surface area (TPSA) is 37.8 Å². The molecule has 0 aromatic carbocycles. The van der Waals surface area contributed by atoms with E-state index in [9.17, 15) is 13.2 Å². The standard InChI is InChI=1S/C11H10F3N3S/c1-6-3-4-18-9(6)7-5-8(11(12,13)14)17-10(15-2)16-7/h3-5H,1-2H3,(H,15,16,17). The van der Waals surface area contributed by atoms with Gasteiger partial charge in [0.2, 0.25) is 5.95 Å². The fourth-order valence-electron chi connectivity index (χ4n) is 1.46. The second kappa shape index (κ2) is 4.56. The Morgan fingerprint density at radius 3 is 2.50 bits per heavy atom. The summed E-state index contributed by atoms with van der Waals surface area (Å²) in [4.78, 5) is 8.20. The molecule has 7 heteroatoms. The van der Waals surface area contributed by atoms with Crippen molar-refractivity contribution in [3.63, 3.8) is 0 Å². The van der Waals surface area contributed by atoms with Gasteiger partial charge >= 0.3 is 6.18 Å². The van der Waals surface area contributed by atoms with Gasteiger partial charge in [-0.25, -0.2) is 9.97 Å². The highest BCUT2D eigenvalue weighted by Gasteiger charge is 2.33. The molecule has 18 heavy (non-hydrogen) atoms. The molecule has 2 heterocycles. The minimum absolute atomic E-state index is 0.0346. The average molecular weight is 273 g/mol. The number of nitrogens with one attached hydrogen (secondary N) is 1. The maximum Gasteiger partial charge on any atom is 0.433 e. The van der Waals surface area contributed by atoms with Crippen molar-refractivity contribution in [3.8, 4) is 10.6 Å². The normalized spacial score (nSPS) is 11.6. The van der Waals surface area contributed by atoms with Gasteiger partial charge in [-0.05, 0) is 30.0 Å².